The summed E-state index contributed by atoms with van der Waals surface area (Å²) in [6, 6.07) is 8.18. The van der Waals surface area contributed by atoms with Gasteiger partial charge in [0, 0.05) is 10.4 Å². The average Bonchev–Trinajstić information content (AvgIpc) is 2.61. The Morgan fingerprint density at radius 3 is 2.81 bits per heavy atom. The van der Waals surface area contributed by atoms with Gasteiger partial charge in [0.25, 0.3) is 0 Å². The number of nitrogens with zero attached hydrogens (tertiary/aromatic N) is 1. The van der Waals surface area contributed by atoms with Crippen LogP contribution >= 0.6 is 22.9 Å². The molecule has 2 rings (SSSR count). The Balaban J connectivity index is 2.42. The van der Waals surface area contributed by atoms with Gasteiger partial charge in [0.05, 0.1) is 0 Å². The van der Waals surface area contributed by atoms with Gasteiger partial charge in [0.15, 0.2) is 0 Å². The van der Waals surface area contributed by atoms with Crippen LogP contribution in [0.25, 0.3) is 10.6 Å². The molecular weight excluding hydrogens is 240 g/mol. The second kappa shape index (κ2) is 4.95. The first kappa shape index (κ1) is 11.6. The first-order valence-corrected chi connectivity index (χ1v) is 6.33. The molecule has 2 nitrogen and oxygen atoms in total. The molecule has 0 aliphatic rings. The summed E-state index contributed by atoms with van der Waals surface area (Å²) in [7, 11) is 0. The number of thiazole rings is 1. The van der Waals surface area contributed by atoms with E-state index in [1.807, 2.05) is 12.1 Å². The molecule has 4 heteroatoms. The van der Waals surface area contributed by atoms with Gasteiger partial charge in [-0.3, -0.25) is 0 Å². The molecule has 16 heavy (non-hydrogen) atoms. The quantitative estimate of drug-likeness (QED) is 0.911. The van der Waals surface area contributed by atoms with Crippen molar-refractivity contribution in [1.29, 1.82) is 0 Å². The van der Waals surface area contributed by atoms with Crippen molar-refractivity contribution in [3.8, 4) is 10.6 Å². The van der Waals surface area contributed by atoms with E-state index in [0.717, 1.165) is 21.9 Å². The molecule has 0 radical (unpaired) electrons. The second-order valence-electron chi connectivity index (χ2n) is 3.59. The SMILES string of the molecule is Cc1ccccc1-c1nc(Cl)c(CCN)s1. The molecule has 0 saturated heterocycles. The lowest BCUT2D eigenvalue weighted by molar-refractivity contribution is 0.984. The van der Waals surface area contributed by atoms with Crippen LogP contribution in [0.3, 0.4) is 0 Å². The largest absolute Gasteiger partial charge is 0.330 e. The van der Waals surface area contributed by atoms with Crippen molar-refractivity contribution in [1.82, 2.24) is 4.98 Å². The minimum atomic E-state index is 0.591. The minimum Gasteiger partial charge on any atom is -0.330 e. The Morgan fingerprint density at radius 1 is 1.38 bits per heavy atom. The van der Waals surface area contributed by atoms with E-state index in [1.165, 1.54) is 5.56 Å². The van der Waals surface area contributed by atoms with Gasteiger partial charge in [-0.1, -0.05) is 35.9 Å². The summed E-state index contributed by atoms with van der Waals surface area (Å²) in [4.78, 5) is 5.46. The minimum absolute atomic E-state index is 0.591. The summed E-state index contributed by atoms with van der Waals surface area (Å²) < 4.78 is 0. The van der Waals surface area contributed by atoms with Crippen LogP contribution < -0.4 is 5.73 Å². The Bertz CT molecular complexity index is 494. The summed E-state index contributed by atoms with van der Waals surface area (Å²) >= 11 is 7.70. The number of aryl methyl sites for hydroxylation is 1. The van der Waals surface area contributed by atoms with E-state index in [4.69, 9.17) is 17.3 Å². The zero-order chi connectivity index (χ0) is 11.5. The fourth-order valence-electron chi connectivity index (χ4n) is 1.55. The number of nitrogens with two attached hydrogens (primary N) is 1. The molecule has 0 saturated carbocycles. The highest BCUT2D eigenvalue weighted by molar-refractivity contribution is 7.15. The number of rotatable bonds is 3. The van der Waals surface area contributed by atoms with Crippen molar-refractivity contribution in [2.24, 2.45) is 5.73 Å². The van der Waals surface area contributed by atoms with Crippen molar-refractivity contribution >= 4 is 22.9 Å². The van der Waals surface area contributed by atoms with Crippen molar-refractivity contribution in [3.05, 3.63) is 39.9 Å². The van der Waals surface area contributed by atoms with E-state index in [0.29, 0.717) is 11.7 Å². The molecule has 2 N–H and O–H groups in total. The summed E-state index contributed by atoms with van der Waals surface area (Å²) in [5.41, 5.74) is 7.89. The average molecular weight is 253 g/mol. The summed E-state index contributed by atoms with van der Waals surface area (Å²) in [5, 5.41) is 1.57. The predicted molar refractivity (Wildman–Crippen MR) is 70.1 cm³/mol. The van der Waals surface area contributed by atoms with Gasteiger partial charge in [-0.15, -0.1) is 11.3 Å². The highest BCUT2D eigenvalue weighted by atomic mass is 35.5. The van der Waals surface area contributed by atoms with Gasteiger partial charge in [-0.25, -0.2) is 4.98 Å². The van der Waals surface area contributed by atoms with Crippen molar-refractivity contribution in [2.45, 2.75) is 13.3 Å². The third-order valence-corrected chi connectivity index (χ3v) is 3.97. The molecule has 84 valence electrons. The lowest BCUT2D eigenvalue weighted by Gasteiger charge is -1.99. The maximum absolute atomic E-state index is 6.07. The van der Waals surface area contributed by atoms with Gasteiger partial charge >= 0.3 is 0 Å². The van der Waals surface area contributed by atoms with Crippen LogP contribution in [-0.4, -0.2) is 11.5 Å². The normalized spacial score (nSPS) is 10.7. The number of halogens is 1. The number of benzene rings is 1. The molecule has 0 aliphatic heterocycles. The maximum atomic E-state index is 6.07. The van der Waals surface area contributed by atoms with Gasteiger partial charge in [-0.05, 0) is 25.5 Å². The molecule has 0 fully saturated rings. The third kappa shape index (κ3) is 2.26. The lowest BCUT2D eigenvalue weighted by atomic mass is 10.1. The van der Waals surface area contributed by atoms with Crippen LogP contribution in [-0.2, 0) is 6.42 Å². The van der Waals surface area contributed by atoms with E-state index >= 15 is 0 Å². The van der Waals surface area contributed by atoms with Crippen LogP contribution in [0.15, 0.2) is 24.3 Å². The molecule has 0 unspecified atom stereocenters. The van der Waals surface area contributed by atoms with Gasteiger partial charge in [0.1, 0.15) is 10.2 Å². The Kier molecular flexibility index (Phi) is 3.59. The Morgan fingerprint density at radius 2 is 2.12 bits per heavy atom. The van der Waals surface area contributed by atoms with E-state index in [-0.39, 0.29) is 0 Å². The van der Waals surface area contributed by atoms with Gasteiger partial charge < -0.3 is 5.73 Å². The van der Waals surface area contributed by atoms with Gasteiger partial charge in [0.2, 0.25) is 0 Å². The first-order valence-electron chi connectivity index (χ1n) is 5.13. The van der Waals surface area contributed by atoms with Crippen molar-refractivity contribution < 1.29 is 0 Å². The van der Waals surface area contributed by atoms with E-state index in [9.17, 15) is 0 Å². The molecule has 1 aromatic heterocycles. The summed E-state index contributed by atoms with van der Waals surface area (Å²) in [6.45, 7) is 2.68. The molecule has 0 aliphatic carbocycles. The van der Waals surface area contributed by atoms with Crippen molar-refractivity contribution in [2.75, 3.05) is 6.54 Å². The predicted octanol–water partition coefficient (Wildman–Crippen LogP) is 3.27. The van der Waals surface area contributed by atoms with Crippen LogP contribution in [0.5, 0.6) is 0 Å². The van der Waals surface area contributed by atoms with E-state index in [1.54, 1.807) is 11.3 Å². The smallest absolute Gasteiger partial charge is 0.143 e. The van der Waals surface area contributed by atoms with E-state index in [2.05, 4.69) is 24.0 Å². The molecule has 2 aromatic rings. The molecule has 0 spiro atoms. The summed E-state index contributed by atoms with van der Waals surface area (Å²) in [6.07, 6.45) is 0.794. The van der Waals surface area contributed by atoms with Gasteiger partial charge in [-0.2, -0.15) is 0 Å². The number of aromatic nitrogens is 1. The first-order chi connectivity index (χ1) is 7.72. The standard InChI is InChI=1S/C12H13ClN2S/c1-8-4-2-3-5-9(8)12-15-11(13)10(16-12)6-7-14/h2-5H,6-7,14H2,1H3. The molecule has 1 aromatic carbocycles. The lowest BCUT2D eigenvalue weighted by Crippen LogP contribution is -2.01. The zero-order valence-corrected chi connectivity index (χ0v) is 10.6. The maximum Gasteiger partial charge on any atom is 0.143 e. The Hall–Kier alpha value is -0.900. The number of hydrogen-bond donors (Lipinski definition) is 1. The molecule has 0 bridgehead atoms. The van der Waals surface area contributed by atoms with Crippen LogP contribution in [0.4, 0.5) is 0 Å². The van der Waals surface area contributed by atoms with Crippen molar-refractivity contribution in [3.63, 3.8) is 0 Å². The topological polar surface area (TPSA) is 38.9 Å². The third-order valence-electron chi connectivity index (χ3n) is 2.40. The second-order valence-corrected chi connectivity index (χ2v) is 5.03. The molecule has 0 amide bonds. The fourth-order valence-corrected chi connectivity index (χ4v) is 2.95. The monoisotopic (exact) mass is 252 g/mol. The van der Waals surface area contributed by atoms with E-state index < -0.39 is 0 Å². The molecule has 1 heterocycles. The Labute approximate surface area is 104 Å². The summed E-state index contributed by atoms with van der Waals surface area (Å²) in [5.74, 6) is 0. The molecular formula is C12H13ClN2S. The highest BCUT2D eigenvalue weighted by Crippen LogP contribution is 2.32. The zero-order valence-electron chi connectivity index (χ0n) is 9.03. The highest BCUT2D eigenvalue weighted by Gasteiger charge is 2.11. The molecule has 0 atom stereocenters. The number of hydrogen-bond acceptors (Lipinski definition) is 3. The fraction of sp³-hybridized carbons (Fsp3) is 0.250. The van der Waals surface area contributed by atoms with Crippen LogP contribution in [0.2, 0.25) is 5.15 Å². The van der Waals surface area contributed by atoms with Crippen LogP contribution in [0, 0.1) is 6.92 Å². The van der Waals surface area contributed by atoms with Crippen LogP contribution in [0.1, 0.15) is 10.4 Å².